The second-order valence-electron chi connectivity index (χ2n) is 5.75. The molecule has 1 heterocycles. The van der Waals surface area contributed by atoms with E-state index in [1.165, 1.54) is 5.56 Å². The second kappa shape index (κ2) is 4.97. The zero-order valence-corrected chi connectivity index (χ0v) is 11.1. The van der Waals surface area contributed by atoms with Crippen LogP contribution in [0.25, 0.3) is 0 Å². The van der Waals surface area contributed by atoms with E-state index in [2.05, 4.69) is 12.1 Å². The fourth-order valence-electron chi connectivity index (χ4n) is 3.26. The van der Waals surface area contributed by atoms with Crippen molar-refractivity contribution in [1.29, 1.82) is 0 Å². The largest absolute Gasteiger partial charge is 0.481 e. The van der Waals surface area contributed by atoms with E-state index in [1.54, 1.807) is 0 Å². The minimum atomic E-state index is -0.669. The lowest BCUT2D eigenvalue weighted by Gasteiger charge is -2.38. The van der Waals surface area contributed by atoms with Gasteiger partial charge in [0.15, 0.2) is 0 Å². The van der Waals surface area contributed by atoms with E-state index in [0.29, 0.717) is 5.92 Å². The molecule has 2 aliphatic rings. The van der Waals surface area contributed by atoms with Gasteiger partial charge in [-0.05, 0) is 42.7 Å². The molecule has 0 atom stereocenters. The molecule has 1 N–H and O–H groups in total. The lowest BCUT2D eigenvalue weighted by Crippen LogP contribution is -2.42. The first-order chi connectivity index (χ1) is 9.22. The topological polar surface area (TPSA) is 46.5 Å². The molecule has 0 spiro atoms. The third-order valence-electron chi connectivity index (χ3n) is 4.77. The quantitative estimate of drug-likeness (QED) is 0.908. The average molecular weight is 260 g/mol. The maximum atomic E-state index is 11.5. The maximum Gasteiger partial charge on any atom is 0.314 e. The van der Waals surface area contributed by atoms with Gasteiger partial charge in [-0.1, -0.05) is 30.7 Å². The van der Waals surface area contributed by atoms with Crippen molar-refractivity contribution >= 4 is 5.97 Å². The van der Waals surface area contributed by atoms with Crippen LogP contribution in [0.15, 0.2) is 24.3 Å². The molecule has 1 saturated carbocycles. The highest BCUT2D eigenvalue weighted by molar-refractivity contribution is 5.82. The monoisotopic (exact) mass is 260 g/mol. The van der Waals surface area contributed by atoms with Crippen LogP contribution in [-0.2, 0) is 14.9 Å². The summed E-state index contributed by atoms with van der Waals surface area (Å²) in [5.41, 5.74) is 1.70. The van der Waals surface area contributed by atoms with E-state index < -0.39 is 11.4 Å². The Bertz CT molecular complexity index is 453. The number of carboxylic acids is 1. The van der Waals surface area contributed by atoms with Crippen molar-refractivity contribution in [2.45, 2.75) is 43.4 Å². The van der Waals surface area contributed by atoms with E-state index in [-0.39, 0.29) is 0 Å². The minimum absolute atomic E-state index is 0.574. The SMILES string of the molecule is O=C(O)C1(c2ccc(C3CCOCC3)cc2)CCC1. The van der Waals surface area contributed by atoms with E-state index >= 15 is 0 Å². The molecule has 3 heteroatoms. The van der Waals surface area contributed by atoms with E-state index in [4.69, 9.17) is 4.74 Å². The molecule has 0 aromatic heterocycles. The first kappa shape index (κ1) is 12.7. The highest BCUT2D eigenvalue weighted by atomic mass is 16.5. The molecular weight excluding hydrogens is 240 g/mol. The van der Waals surface area contributed by atoms with Gasteiger partial charge >= 0.3 is 5.97 Å². The number of carbonyl (C=O) groups is 1. The van der Waals surface area contributed by atoms with Crippen LogP contribution in [-0.4, -0.2) is 24.3 Å². The molecule has 0 amide bonds. The van der Waals surface area contributed by atoms with Crippen molar-refractivity contribution in [2.75, 3.05) is 13.2 Å². The highest BCUT2D eigenvalue weighted by Crippen LogP contribution is 2.44. The molecule has 0 unspecified atom stereocenters. The smallest absolute Gasteiger partial charge is 0.314 e. The van der Waals surface area contributed by atoms with Gasteiger partial charge in [-0.3, -0.25) is 4.79 Å². The van der Waals surface area contributed by atoms with Crippen molar-refractivity contribution in [3.05, 3.63) is 35.4 Å². The Morgan fingerprint density at radius 2 is 1.79 bits per heavy atom. The number of rotatable bonds is 3. The van der Waals surface area contributed by atoms with E-state index in [0.717, 1.165) is 50.9 Å². The Morgan fingerprint density at radius 1 is 1.16 bits per heavy atom. The molecule has 3 nitrogen and oxygen atoms in total. The molecule has 102 valence electrons. The van der Waals surface area contributed by atoms with Gasteiger partial charge in [-0.15, -0.1) is 0 Å². The fraction of sp³-hybridized carbons (Fsp3) is 0.562. The van der Waals surface area contributed by atoms with Crippen LogP contribution in [0.3, 0.4) is 0 Å². The summed E-state index contributed by atoms with van der Waals surface area (Å²) in [6.07, 6.45) is 4.72. The Kier molecular flexibility index (Phi) is 3.31. The summed E-state index contributed by atoms with van der Waals surface area (Å²) in [6, 6.07) is 8.29. The van der Waals surface area contributed by atoms with Crippen LogP contribution in [0, 0.1) is 0 Å². The standard InChI is InChI=1S/C16H20O3/c17-15(18)16(8-1-9-16)14-4-2-12(3-5-14)13-6-10-19-11-7-13/h2-5,13H,1,6-11H2,(H,17,18). The van der Waals surface area contributed by atoms with Crippen LogP contribution in [0.2, 0.25) is 0 Å². The summed E-state index contributed by atoms with van der Waals surface area (Å²) in [4.78, 5) is 11.5. The number of hydrogen-bond acceptors (Lipinski definition) is 2. The van der Waals surface area contributed by atoms with Crippen molar-refractivity contribution < 1.29 is 14.6 Å². The third-order valence-corrected chi connectivity index (χ3v) is 4.77. The van der Waals surface area contributed by atoms with Crippen LogP contribution in [0.1, 0.15) is 49.1 Å². The Hall–Kier alpha value is -1.35. The van der Waals surface area contributed by atoms with Gasteiger partial charge in [0, 0.05) is 13.2 Å². The summed E-state index contributed by atoms with van der Waals surface area (Å²) in [5.74, 6) is -0.0949. The van der Waals surface area contributed by atoms with Crippen molar-refractivity contribution in [1.82, 2.24) is 0 Å². The van der Waals surface area contributed by atoms with Crippen LogP contribution in [0.5, 0.6) is 0 Å². The van der Waals surface area contributed by atoms with E-state index in [9.17, 15) is 9.90 Å². The molecule has 1 aromatic rings. The first-order valence-electron chi connectivity index (χ1n) is 7.14. The van der Waals surface area contributed by atoms with Gasteiger partial charge in [0.25, 0.3) is 0 Å². The summed E-state index contributed by atoms with van der Waals surface area (Å²) < 4.78 is 5.38. The normalized spacial score (nSPS) is 22.7. The average Bonchev–Trinajstić information content (AvgIpc) is 2.39. The lowest BCUT2D eigenvalue weighted by molar-refractivity contribution is -0.147. The van der Waals surface area contributed by atoms with Crippen molar-refractivity contribution in [3.63, 3.8) is 0 Å². The number of aliphatic carboxylic acids is 1. The van der Waals surface area contributed by atoms with Crippen LogP contribution in [0.4, 0.5) is 0 Å². The van der Waals surface area contributed by atoms with Gasteiger partial charge in [0.05, 0.1) is 5.41 Å². The molecular formula is C16H20O3. The molecule has 3 rings (SSSR count). The predicted octanol–water partition coefficient (Wildman–Crippen LogP) is 3.09. The summed E-state index contributed by atoms with van der Waals surface area (Å²) in [7, 11) is 0. The lowest BCUT2D eigenvalue weighted by atomic mass is 9.64. The fourth-order valence-corrected chi connectivity index (χ4v) is 3.26. The maximum absolute atomic E-state index is 11.5. The van der Waals surface area contributed by atoms with Gasteiger partial charge in [0.2, 0.25) is 0 Å². The van der Waals surface area contributed by atoms with Crippen LogP contribution >= 0.6 is 0 Å². The van der Waals surface area contributed by atoms with Gasteiger partial charge in [-0.25, -0.2) is 0 Å². The zero-order chi connectivity index (χ0) is 13.3. The van der Waals surface area contributed by atoms with Gasteiger partial charge in [-0.2, -0.15) is 0 Å². The van der Waals surface area contributed by atoms with Gasteiger partial charge < -0.3 is 9.84 Å². The third kappa shape index (κ3) is 2.16. The number of benzene rings is 1. The molecule has 2 fully saturated rings. The van der Waals surface area contributed by atoms with Crippen molar-refractivity contribution in [3.8, 4) is 0 Å². The molecule has 1 aliphatic carbocycles. The van der Waals surface area contributed by atoms with E-state index in [1.807, 2.05) is 12.1 Å². The minimum Gasteiger partial charge on any atom is -0.481 e. The molecule has 19 heavy (non-hydrogen) atoms. The number of ether oxygens (including phenoxy) is 1. The Balaban J connectivity index is 1.80. The molecule has 1 saturated heterocycles. The van der Waals surface area contributed by atoms with Crippen molar-refractivity contribution in [2.24, 2.45) is 0 Å². The predicted molar refractivity (Wildman–Crippen MR) is 72.4 cm³/mol. The van der Waals surface area contributed by atoms with Crippen LogP contribution < -0.4 is 0 Å². The summed E-state index contributed by atoms with van der Waals surface area (Å²) >= 11 is 0. The van der Waals surface area contributed by atoms with Gasteiger partial charge in [0.1, 0.15) is 0 Å². The highest BCUT2D eigenvalue weighted by Gasteiger charge is 2.45. The summed E-state index contributed by atoms with van der Waals surface area (Å²) in [6.45, 7) is 1.68. The number of carboxylic acid groups (broad SMARTS) is 1. The molecule has 0 bridgehead atoms. The molecule has 1 aromatic carbocycles. The first-order valence-corrected chi connectivity index (χ1v) is 7.14. The molecule has 0 radical (unpaired) electrons. The summed E-state index contributed by atoms with van der Waals surface area (Å²) in [5, 5.41) is 9.44. The molecule has 1 aliphatic heterocycles. The zero-order valence-electron chi connectivity index (χ0n) is 11.1. The second-order valence-corrected chi connectivity index (χ2v) is 5.75. The number of hydrogen-bond donors (Lipinski definition) is 1. The Labute approximate surface area is 113 Å². The Morgan fingerprint density at radius 3 is 2.26 bits per heavy atom.